The van der Waals surface area contributed by atoms with Crippen molar-refractivity contribution >= 4 is 11.7 Å². The fraction of sp³-hybridized carbons (Fsp3) is 0.304. The van der Waals surface area contributed by atoms with E-state index in [2.05, 4.69) is 15.7 Å². The minimum atomic E-state index is -4.51. The van der Waals surface area contributed by atoms with Gasteiger partial charge in [0.2, 0.25) is 0 Å². The monoisotopic (exact) mass is 444 g/mol. The number of methoxy groups -OCH3 is 1. The van der Waals surface area contributed by atoms with Crippen molar-refractivity contribution in [3.05, 3.63) is 77.5 Å². The molecule has 1 aliphatic heterocycles. The van der Waals surface area contributed by atoms with E-state index in [4.69, 9.17) is 4.74 Å². The Hall–Kier alpha value is -3.49. The van der Waals surface area contributed by atoms with Gasteiger partial charge in [-0.1, -0.05) is 42.5 Å². The van der Waals surface area contributed by atoms with E-state index in [1.807, 2.05) is 30.3 Å². The zero-order valence-corrected chi connectivity index (χ0v) is 17.4. The highest BCUT2D eigenvalue weighted by Gasteiger charge is 2.47. The molecule has 2 aromatic carbocycles. The molecule has 2 N–H and O–H groups in total. The third-order valence-corrected chi connectivity index (χ3v) is 5.52. The van der Waals surface area contributed by atoms with Gasteiger partial charge in [-0.05, 0) is 29.7 Å². The molecule has 0 radical (unpaired) electrons. The average molecular weight is 444 g/mol. The summed E-state index contributed by atoms with van der Waals surface area (Å²) in [5, 5.41) is 9.77. The van der Waals surface area contributed by atoms with Gasteiger partial charge in [0.15, 0.2) is 6.04 Å². The largest absolute Gasteiger partial charge is 0.497 e. The van der Waals surface area contributed by atoms with Crippen LogP contribution in [0.3, 0.4) is 0 Å². The Balaban J connectivity index is 1.57. The number of amides is 1. The summed E-state index contributed by atoms with van der Waals surface area (Å²) in [6, 6.07) is 14.0. The van der Waals surface area contributed by atoms with Crippen molar-refractivity contribution in [2.75, 3.05) is 19.0 Å². The molecule has 2 heterocycles. The quantitative estimate of drug-likeness (QED) is 0.587. The zero-order valence-electron chi connectivity index (χ0n) is 17.4. The predicted octanol–water partition coefficient (Wildman–Crippen LogP) is 4.52. The summed E-state index contributed by atoms with van der Waals surface area (Å²) in [5.41, 5.74) is 1.78. The highest BCUT2D eigenvalue weighted by molar-refractivity contribution is 5.98. The molecular weight excluding hydrogens is 421 g/mol. The Kier molecular flexibility index (Phi) is 6.07. The van der Waals surface area contributed by atoms with Crippen LogP contribution in [-0.4, -0.2) is 35.5 Å². The molecule has 1 amide bonds. The maximum absolute atomic E-state index is 13.8. The van der Waals surface area contributed by atoms with Crippen molar-refractivity contribution in [3.8, 4) is 5.75 Å². The number of anilines is 1. The molecule has 3 aromatic rings. The zero-order chi connectivity index (χ0) is 22.7. The normalized spacial score (nSPS) is 17.9. The molecule has 4 rings (SSSR count). The Labute approximate surface area is 183 Å². The van der Waals surface area contributed by atoms with Crippen LogP contribution >= 0.6 is 0 Å². The number of nitrogens with one attached hydrogen (secondary N) is 2. The van der Waals surface area contributed by atoms with Gasteiger partial charge in [-0.3, -0.25) is 4.79 Å². The molecule has 6 nitrogen and oxygen atoms in total. The molecule has 0 saturated heterocycles. The number of benzene rings is 2. The van der Waals surface area contributed by atoms with Crippen LogP contribution in [0.1, 0.15) is 40.0 Å². The first-order valence-corrected chi connectivity index (χ1v) is 10.2. The Morgan fingerprint density at radius 3 is 2.72 bits per heavy atom. The smallest absolute Gasteiger partial charge is 0.410 e. The van der Waals surface area contributed by atoms with Crippen molar-refractivity contribution in [2.24, 2.45) is 0 Å². The molecule has 0 saturated carbocycles. The lowest BCUT2D eigenvalue weighted by atomic mass is 9.96. The number of carbonyl (C=O) groups is 1. The van der Waals surface area contributed by atoms with Crippen LogP contribution in [0.4, 0.5) is 19.0 Å². The molecule has 0 unspecified atom stereocenters. The number of alkyl halides is 3. The van der Waals surface area contributed by atoms with Gasteiger partial charge in [-0.25, -0.2) is 4.68 Å². The fourth-order valence-electron chi connectivity index (χ4n) is 3.87. The van der Waals surface area contributed by atoms with E-state index in [0.29, 0.717) is 24.3 Å². The molecule has 1 aromatic heterocycles. The molecule has 32 heavy (non-hydrogen) atoms. The molecule has 0 bridgehead atoms. The van der Waals surface area contributed by atoms with Crippen molar-refractivity contribution in [2.45, 2.75) is 31.1 Å². The van der Waals surface area contributed by atoms with E-state index in [-0.39, 0.29) is 17.8 Å². The molecule has 0 spiro atoms. The number of hydrogen-bond acceptors (Lipinski definition) is 4. The van der Waals surface area contributed by atoms with E-state index in [1.165, 1.54) is 13.3 Å². The number of ether oxygens (including phenoxy) is 1. The van der Waals surface area contributed by atoms with Crippen LogP contribution in [0.15, 0.2) is 60.8 Å². The summed E-state index contributed by atoms with van der Waals surface area (Å²) in [6.45, 7) is 0.357. The highest BCUT2D eigenvalue weighted by atomic mass is 19.4. The van der Waals surface area contributed by atoms with Crippen molar-refractivity contribution in [1.29, 1.82) is 0 Å². The van der Waals surface area contributed by atoms with Gasteiger partial charge < -0.3 is 15.4 Å². The van der Waals surface area contributed by atoms with E-state index in [1.54, 1.807) is 24.3 Å². The van der Waals surface area contributed by atoms with Crippen LogP contribution in [0.2, 0.25) is 0 Å². The number of halogens is 3. The molecule has 2 atom stereocenters. The van der Waals surface area contributed by atoms with Gasteiger partial charge in [0.1, 0.15) is 17.1 Å². The van der Waals surface area contributed by atoms with Crippen LogP contribution in [0, 0.1) is 0 Å². The van der Waals surface area contributed by atoms with Crippen molar-refractivity contribution in [1.82, 2.24) is 15.1 Å². The molecule has 0 fully saturated rings. The predicted molar refractivity (Wildman–Crippen MR) is 114 cm³/mol. The highest BCUT2D eigenvalue weighted by Crippen LogP contribution is 2.44. The summed E-state index contributed by atoms with van der Waals surface area (Å²) in [5.74, 6) is 0.135. The summed E-state index contributed by atoms with van der Waals surface area (Å²) in [6.07, 6.45) is -2.96. The summed E-state index contributed by atoms with van der Waals surface area (Å²) < 4.78 is 47.6. The number of rotatable bonds is 6. The lowest BCUT2D eigenvalue weighted by molar-refractivity contribution is -0.173. The first kappa shape index (κ1) is 21.7. The van der Waals surface area contributed by atoms with E-state index >= 15 is 0 Å². The van der Waals surface area contributed by atoms with Crippen LogP contribution in [0.5, 0.6) is 5.75 Å². The second-order valence-electron chi connectivity index (χ2n) is 7.61. The van der Waals surface area contributed by atoms with Crippen molar-refractivity contribution < 1.29 is 22.7 Å². The third-order valence-electron chi connectivity index (χ3n) is 5.52. The number of carbonyl (C=O) groups excluding carboxylic acids is 1. The SMILES string of the molecule is COc1cccc([C@H]2C[C@H](C(F)(F)F)n3ncc(C(=O)NCCc4ccccc4)c3N2)c1. The molecule has 0 aliphatic carbocycles. The van der Waals surface area contributed by atoms with Gasteiger partial charge >= 0.3 is 6.18 Å². The number of aromatic nitrogens is 2. The summed E-state index contributed by atoms with van der Waals surface area (Å²) in [7, 11) is 1.50. The topological polar surface area (TPSA) is 68.2 Å². The molecule has 1 aliphatic rings. The lowest BCUT2D eigenvalue weighted by Gasteiger charge is -2.34. The van der Waals surface area contributed by atoms with Gasteiger partial charge in [-0.2, -0.15) is 18.3 Å². The van der Waals surface area contributed by atoms with E-state index in [0.717, 1.165) is 10.2 Å². The van der Waals surface area contributed by atoms with Crippen LogP contribution in [-0.2, 0) is 6.42 Å². The standard InChI is InChI=1S/C23H23F3N4O2/c1-32-17-9-5-8-16(12-17)19-13-20(23(24,25)26)30-21(29-19)18(14-28-30)22(31)27-11-10-15-6-3-2-4-7-15/h2-9,12,14,19-20,29H,10-11,13H2,1H3,(H,27,31)/t19-,20-/m1/s1. The Morgan fingerprint density at radius 2 is 2.00 bits per heavy atom. The summed E-state index contributed by atoms with van der Waals surface area (Å²) in [4.78, 5) is 12.8. The minimum absolute atomic E-state index is 0.0589. The fourth-order valence-corrected chi connectivity index (χ4v) is 3.87. The van der Waals surface area contributed by atoms with E-state index in [9.17, 15) is 18.0 Å². The number of fused-ring (bicyclic) bond motifs is 1. The first-order chi connectivity index (χ1) is 15.4. The van der Waals surface area contributed by atoms with Gasteiger partial charge in [0.25, 0.3) is 5.91 Å². The molecule has 168 valence electrons. The average Bonchev–Trinajstić information content (AvgIpc) is 3.22. The number of nitrogens with zero attached hydrogens (tertiary/aromatic N) is 2. The van der Waals surface area contributed by atoms with E-state index < -0.39 is 24.2 Å². The Bertz CT molecular complexity index is 1080. The van der Waals surface area contributed by atoms with Gasteiger partial charge in [0, 0.05) is 13.0 Å². The maximum Gasteiger partial charge on any atom is 0.410 e. The number of hydrogen-bond donors (Lipinski definition) is 2. The summed E-state index contributed by atoms with van der Waals surface area (Å²) >= 11 is 0. The molecule has 9 heteroatoms. The van der Waals surface area contributed by atoms with Crippen LogP contribution in [0.25, 0.3) is 0 Å². The van der Waals surface area contributed by atoms with Gasteiger partial charge in [-0.15, -0.1) is 0 Å². The maximum atomic E-state index is 13.8. The first-order valence-electron chi connectivity index (χ1n) is 10.2. The third kappa shape index (κ3) is 4.56. The van der Waals surface area contributed by atoms with Gasteiger partial charge in [0.05, 0.1) is 19.3 Å². The minimum Gasteiger partial charge on any atom is -0.497 e. The second kappa shape index (κ2) is 8.94. The second-order valence-corrected chi connectivity index (χ2v) is 7.61. The Morgan fingerprint density at radius 1 is 1.22 bits per heavy atom. The lowest BCUT2D eigenvalue weighted by Crippen LogP contribution is -2.36. The van der Waals surface area contributed by atoms with Crippen molar-refractivity contribution in [3.63, 3.8) is 0 Å². The van der Waals surface area contributed by atoms with Crippen LogP contribution < -0.4 is 15.4 Å². The molecular formula is C23H23F3N4O2.